The average Bonchev–Trinajstić information content (AvgIpc) is 2.24. The van der Waals surface area contributed by atoms with Gasteiger partial charge in [0.25, 0.3) is 0 Å². The van der Waals surface area contributed by atoms with Crippen molar-refractivity contribution in [2.75, 3.05) is 27.2 Å². The molecule has 98 valence electrons. The van der Waals surface area contributed by atoms with Gasteiger partial charge in [0.1, 0.15) is 0 Å². The molecule has 0 aliphatic heterocycles. The van der Waals surface area contributed by atoms with Crippen LogP contribution in [0.5, 0.6) is 0 Å². The zero-order valence-electron chi connectivity index (χ0n) is 11.0. The molecule has 2 amide bonds. The average molecular weight is 241 g/mol. The van der Waals surface area contributed by atoms with Gasteiger partial charge in [0, 0.05) is 20.6 Å². The molecular weight excluding hydrogens is 218 g/mol. The lowest BCUT2D eigenvalue weighted by Gasteiger charge is -2.40. The molecule has 1 aliphatic rings. The summed E-state index contributed by atoms with van der Waals surface area (Å²) in [4.78, 5) is 27.0. The van der Waals surface area contributed by atoms with Gasteiger partial charge in [0.2, 0.25) is 11.8 Å². The maximum Gasteiger partial charge on any atom is 0.243 e. The Morgan fingerprint density at radius 1 is 1.29 bits per heavy atom. The predicted octanol–water partition coefficient (Wildman–Crippen LogP) is 0.195. The number of hydrogen-bond acceptors (Lipinski definition) is 3. The highest BCUT2D eigenvalue weighted by Gasteiger charge is 2.42. The summed E-state index contributed by atoms with van der Waals surface area (Å²) < 4.78 is 0. The number of nitrogens with two attached hydrogens (primary N) is 1. The normalized spacial score (nSPS) is 17.2. The van der Waals surface area contributed by atoms with Gasteiger partial charge in [0.05, 0.1) is 12.1 Å². The second kappa shape index (κ2) is 5.49. The number of carbonyl (C=O) groups excluding carboxylic acids is 2. The van der Waals surface area contributed by atoms with Crippen LogP contribution in [0, 0.1) is 0 Å². The summed E-state index contributed by atoms with van der Waals surface area (Å²) in [5.41, 5.74) is 5.31. The van der Waals surface area contributed by atoms with Gasteiger partial charge in [-0.25, -0.2) is 0 Å². The molecule has 0 bridgehead atoms. The highest BCUT2D eigenvalue weighted by molar-refractivity contribution is 5.90. The maximum atomic E-state index is 12.2. The Morgan fingerprint density at radius 2 is 1.88 bits per heavy atom. The lowest BCUT2D eigenvalue weighted by molar-refractivity contribution is -0.145. The number of nitrogens with zero attached hydrogens (tertiary/aromatic N) is 2. The Labute approximate surface area is 103 Å². The first-order valence-corrected chi connectivity index (χ1v) is 6.19. The third-order valence-electron chi connectivity index (χ3n) is 3.28. The molecular formula is C12H23N3O2. The van der Waals surface area contributed by atoms with E-state index in [2.05, 4.69) is 0 Å². The standard InChI is InChI=1S/C12H23N3O2/c1-4-8-15(9-10(16)14(2)3)11(17)12(13)6-5-7-12/h4-9,13H2,1-3H3. The molecule has 5 heteroatoms. The van der Waals surface area contributed by atoms with Crippen molar-refractivity contribution in [3.63, 3.8) is 0 Å². The zero-order valence-corrected chi connectivity index (χ0v) is 11.0. The molecule has 1 fully saturated rings. The molecule has 0 aromatic rings. The monoisotopic (exact) mass is 241 g/mol. The van der Waals surface area contributed by atoms with E-state index in [-0.39, 0.29) is 18.4 Å². The molecule has 0 aromatic heterocycles. The van der Waals surface area contributed by atoms with Crippen molar-refractivity contribution in [1.29, 1.82) is 0 Å². The van der Waals surface area contributed by atoms with Gasteiger partial charge in [0.15, 0.2) is 0 Å². The van der Waals surface area contributed by atoms with Crippen molar-refractivity contribution >= 4 is 11.8 Å². The van der Waals surface area contributed by atoms with Crippen LogP contribution in [0.1, 0.15) is 32.6 Å². The summed E-state index contributed by atoms with van der Waals surface area (Å²) in [5.74, 6) is -0.129. The van der Waals surface area contributed by atoms with Crippen LogP contribution in [0.3, 0.4) is 0 Å². The molecule has 0 spiro atoms. The predicted molar refractivity (Wildman–Crippen MR) is 66.3 cm³/mol. The molecule has 1 saturated carbocycles. The van der Waals surface area contributed by atoms with Crippen LogP contribution >= 0.6 is 0 Å². The van der Waals surface area contributed by atoms with Crippen LogP contribution in [0.15, 0.2) is 0 Å². The van der Waals surface area contributed by atoms with Crippen molar-refractivity contribution in [2.24, 2.45) is 5.73 Å². The Hall–Kier alpha value is -1.10. The smallest absolute Gasteiger partial charge is 0.243 e. The van der Waals surface area contributed by atoms with E-state index in [1.165, 1.54) is 4.90 Å². The van der Waals surface area contributed by atoms with E-state index in [9.17, 15) is 9.59 Å². The molecule has 0 radical (unpaired) electrons. The molecule has 0 aromatic carbocycles. The molecule has 0 heterocycles. The van der Waals surface area contributed by atoms with Crippen molar-refractivity contribution in [2.45, 2.75) is 38.1 Å². The fraction of sp³-hybridized carbons (Fsp3) is 0.833. The number of likely N-dealkylation sites (N-methyl/N-ethyl adjacent to an activating group) is 1. The van der Waals surface area contributed by atoms with E-state index < -0.39 is 5.54 Å². The molecule has 5 nitrogen and oxygen atoms in total. The third-order valence-corrected chi connectivity index (χ3v) is 3.28. The van der Waals surface area contributed by atoms with Crippen LogP contribution < -0.4 is 5.73 Å². The van der Waals surface area contributed by atoms with Gasteiger partial charge in [-0.2, -0.15) is 0 Å². The molecule has 1 rings (SSSR count). The fourth-order valence-electron chi connectivity index (χ4n) is 1.91. The number of rotatable bonds is 5. The lowest BCUT2D eigenvalue weighted by Crippen LogP contribution is -2.60. The highest BCUT2D eigenvalue weighted by atomic mass is 16.2. The number of carbonyl (C=O) groups is 2. The SMILES string of the molecule is CCCN(CC(=O)N(C)C)C(=O)C1(N)CCC1. The van der Waals surface area contributed by atoms with Gasteiger partial charge in [-0.3, -0.25) is 9.59 Å². The van der Waals surface area contributed by atoms with E-state index in [1.807, 2.05) is 6.92 Å². The number of amides is 2. The van der Waals surface area contributed by atoms with Crippen molar-refractivity contribution in [3.8, 4) is 0 Å². The summed E-state index contributed by atoms with van der Waals surface area (Å²) >= 11 is 0. The Kier molecular flexibility index (Phi) is 4.51. The quantitative estimate of drug-likeness (QED) is 0.747. The van der Waals surface area contributed by atoms with Gasteiger partial charge < -0.3 is 15.5 Å². The molecule has 2 N–H and O–H groups in total. The minimum Gasteiger partial charge on any atom is -0.347 e. The summed E-state index contributed by atoms with van der Waals surface area (Å²) in [6.45, 7) is 2.72. The first-order chi connectivity index (χ1) is 7.90. The van der Waals surface area contributed by atoms with Gasteiger partial charge in [-0.15, -0.1) is 0 Å². The third kappa shape index (κ3) is 3.19. The zero-order chi connectivity index (χ0) is 13.1. The van der Waals surface area contributed by atoms with E-state index in [4.69, 9.17) is 5.73 Å². The summed E-state index contributed by atoms with van der Waals surface area (Å²) in [6, 6.07) is 0. The van der Waals surface area contributed by atoms with E-state index >= 15 is 0 Å². The molecule has 0 atom stereocenters. The van der Waals surface area contributed by atoms with Gasteiger partial charge in [-0.05, 0) is 25.7 Å². The largest absolute Gasteiger partial charge is 0.347 e. The minimum atomic E-state index is -0.707. The van der Waals surface area contributed by atoms with Crippen molar-refractivity contribution in [3.05, 3.63) is 0 Å². The number of hydrogen-bond donors (Lipinski definition) is 1. The second-order valence-corrected chi connectivity index (χ2v) is 5.02. The molecule has 0 saturated heterocycles. The lowest BCUT2D eigenvalue weighted by atomic mass is 9.76. The first kappa shape index (κ1) is 14.0. The first-order valence-electron chi connectivity index (χ1n) is 6.19. The Balaban J connectivity index is 2.64. The van der Waals surface area contributed by atoms with Crippen molar-refractivity contribution < 1.29 is 9.59 Å². The van der Waals surface area contributed by atoms with Gasteiger partial charge >= 0.3 is 0 Å². The fourth-order valence-corrected chi connectivity index (χ4v) is 1.91. The van der Waals surface area contributed by atoms with E-state index in [0.29, 0.717) is 6.54 Å². The van der Waals surface area contributed by atoms with Crippen LogP contribution in [0.4, 0.5) is 0 Å². The Morgan fingerprint density at radius 3 is 2.24 bits per heavy atom. The minimum absolute atomic E-state index is 0.0604. The van der Waals surface area contributed by atoms with Crippen LogP contribution in [0.25, 0.3) is 0 Å². The molecule has 1 aliphatic carbocycles. The maximum absolute atomic E-state index is 12.2. The van der Waals surface area contributed by atoms with Crippen LogP contribution in [-0.4, -0.2) is 54.3 Å². The molecule has 17 heavy (non-hydrogen) atoms. The van der Waals surface area contributed by atoms with Crippen molar-refractivity contribution in [1.82, 2.24) is 9.80 Å². The second-order valence-electron chi connectivity index (χ2n) is 5.02. The Bertz CT molecular complexity index is 298. The van der Waals surface area contributed by atoms with Crippen LogP contribution in [-0.2, 0) is 9.59 Å². The summed E-state index contributed by atoms with van der Waals surface area (Å²) in [5, 5.41) is 0. The van der Waals surface area contributed by atoms with Gasteiger partial charge in [-0.1, -0.05) is 6.92 Å². The topological polar surface area (TPSA) is 66.6 Å². The van der Waals surface area contributed by atoms with Crippen LogP contribution in [0.2, 0.25) is 0 Å². The highest BCUT2D eigenvalue weighted by Crippen LogP contribution is 2.30. The van der Waals surface area contributed by atoms with E-state index in [1.54, 1.807) is 19.0 Å². The summed E-state index contributed by atoms with van der Waals surface area (Å²) in [6.07, 6.45) is 3.32. The summed E-state index contributed by atoms with van der Waals surface area (Å²) in [7, 11) is 3.39. The van der Waals surface area contributed by atoms with E-state index in [0.717, 1.165) is 25.7 Å². The molecule has 0 unspecified atom stereocenters.